The molecule has 1 fully saturated rings. The van der Waals surface area contributed by atoms with Crippen molar-refractivity contribution in [3.63, 3.8) is 0 Å². The van der Waals surface area contributed by atoms with Gasteiger partial charge in [0.15, 0.2) is 0 Å². The largest absolute Gasteiger partial charge is 0.480 e. The van der Waals surface area contributed by atoms with Crippen LogP contribution in [0.25, 0.3) is 0 Å². The van der Waals surface area contributed by atoms with Crippen LogP contribution in [0.1, 0.15) is 24.8 Å². The number of hydrogen-bond acceptors (Lipinski definition) is 3. The third-order valence-electron chi connectivity index (χ3n) is 3.47. The van der Waals surface area contributed by atoms with E-state index in [0.29, 0.717) is 6.42 Å². The van der Waals surface area contributed by atoms with E-state index in [-0.39, 0.29) is 24.0 Å². The quantitative estimate of drug-likeness (QED) is 0.771. The summed E-state index contributed by atoms with van der Waals surface area (Å²) in [6, 6.07) is 5.20. The number of aryl methyl sites for hydroxylation is 1. The third kappa shape index (κ3) is 4.98. The molecule has 0 aromatic heterocycles. The van der Waals surface area contributed by atoms with Gasteiger partial charge in [0.2, 0.25) is 5.91 Å². The molecule has 0 heterocycles. The zero-order valence-corrected chi connectivity index (χ0v) is 11.8. The number of alkyl halides is 2. The van der Waals surface area contributed by atoms with Crippen molar-refractivity contribution in [2.75, 3.05) is 0 Å². The molecule has 2 N–H and O–H groups in total. The molecule has 120 valence electrons. The molecule has 0 radical (unpaired) electrons. The van der Waals surface area contributed by atoms with Gasteiger partial charge in [-0.05, 0) is 42.9 Å². The van der Waals surface area contributed by atoms with Crippen LogP contribution < -0.4 is 10.1 Å². The summed E-state index contributed by atoms with van der Waals surface area (Å²) in [7, 11) is 0. The maximum atomic E-state index is 12.0. The summed E-state index contributed by atoms with van der Waals surface area (Å²) < 4.78 is 28.2. The maximum Gasteiger partial charge on any atom is 0.387 e. The van der Waals surface area contributed by atoms with Crippen LogP contribution in [0.2, 0.25) is 0 Å². The van der Waals surface area contributed by atoms with Crippen molar-refractivity contribution in [1.82, 2.24) is 5.32 Å². The molecule has 5 nitrogen and oxygen atoms in total. The van der Waals surface area contributed by atoms with Crippen molar-refractivity contribution < 1.29 is 28.2 Å². The molecule has 0 aliphatic heterocycles. The first-order chi connectivity index (χ1) is 10.5. The zero-order valence-electron chi connectivity index (χ0n) is 11.8. The Kier molecular flexibility index (Phi) is 5.30. The fourth-order valence-corrected chi connectivity index (χ4v) is 2.15. The summed E-state index contributed by atoms with van der Waals surface area (Å²) in [6.45, 7) is -2.87. The van der Waals surface area contributed by atoms with E-state index in [9.17, 15) is 18.4 Å². The van der Waals surface area contributed by atoms with E-state index in [4.69, 9.17) is 5.11 Å². The highest BCUT2D eigenvalue weighted by molar-refractivity contribution is 5.84. The van der Waals surface area contributed by atoms with Crippen LogP contribution in [0, 0.1) is 5.92 Å². The van der Waals surface area contributed by atoms with Crippen LogP contribution in [0.15, 0.2) is 24.3 Å². The van der Waals surface area contributed by atoms with Crippen molar-refractivity contribution in [2.24, 2.45) is 5.92 Å². The number of benzene rings is 1. The number of amides is 1. The smallest absolute Gasteiger partial charge is 0.387 e. The third-order valence-corrected chi connectivity index (χ3v) is 3.47. The first-order valence-electron chi connectivity index (χ1n) is 7.01. The molecule has 22 heavy (non-hydrogen) atoms. The van der Waals surface area contributed by atoms with Gasteiger partial charge >= 0.3 is 12.6 Å². The average Bonchev–Trinajstić information content (AvgIpc) is 3.27. The Balaban J connectivity index is 1.79. The molecule has 1 unspecified atom stereocenters. The second kappa shape index (κ2) is 7.20. The second-order valence-corrected chi connectivity index (χ2v) is 5.24. The summed E-state index contributed by atoms with van der Waals surface area (Å²) in [5.41, 5.74) is 0.787. The van der Waals surface area contributed by atoms with E-state index in [1.807, 2.05) is 0 Å². The van der Waals surface area contributed by atoms with E-state index >= 15 is 0 Å². The highest BCUT2D eigenvalue weighted by Gasteiger charge is 2.37. The molecule has 0 spiro atoms. The Morgan fingerprint density at radius 3 is 2.41 bits per heavy atom. The Bertz CT molecular complexity index is 529. The van der Waals surface area contributed by atoms with Gasteiger partial charge in [-0.2, -0.15) is 8.78 Å². The van der Waals surface area contributed by atoms with Crippen LogP contribution in [0.3, 0.4) is 0 Å². The Morgan fingerprint density at radius 1 is 1.27 bits per heavy atom. The fraction of sp³-hybridized carbons (Fsp3) is 0.467. The van der Waals surface area contributed by atoms with Gasteiger partial charge in [0.25, 0.3) is 0 Å². The fourth-order valence-electron chi connectivity index (χ4n) is 2.15. The topological polar surface area (TPSA) is 75.6 Å². The first-order valence-corrected chi connectivity index (χ1v) is 7.01. The van der Waals surface area contributed by atoms with Gasteiger partial charge in [-0.3, -0.25) is 4.79 Å². The van der Waals surface area contributed by atoms with Crippen LogP contribution in [-0.2, 0) is 16.0 Å². The van der Waals surface area contributed by atoms with E-state index in [2.05, 4.69) is 10.1 Å². The van der Waals surface area contributed by atoms with Gasteiger partial charge in [0, 0.05) is 6.42 Å². The predicted molar refractivity (Wildman–Crippen MR) is 73.7 cm³/mol. The zero-order chi connectivity index (χ0) is 16.1. The van der Waals surface area contributed by atoms with Crippen molar-refractivity contribution in [2.45, 2.75) is 38.3 Å². The predicted octanol–water partition coefficient (Wildman–Crippen LogP) is 2.20. The maximum absolute atomic E-state index is 12.0. The Hall–Kier alpha value is -2.18. The van der Waals surface area contributed by atoms with Gasteiger partial charge in [0.05, 0.1) is 0 Å². The molecule has 1 aliphatic carbocycles. The lowest BCUT2D eigenvalue weighted by Gasteiger charge is -2.13. The number of carboxylic acid groups (broad SMARTS) is 1. The lowest BCUT2D eigenvalue weighted by molar-refractivity contribution is -0.142. The molecule has 7 heteroatoms. The number of carbonyl (C=O) groups is 2. The van der Waals surface area contributed by atoms with Gasteiger partial charge in [-0.1, -0.05) is 12.1 Å². The van der Waals surface area contributed by atoms with Gasteiger partial charge in [-0.25, -0.2) is 4.79 Å². The monoisotopic (exact) mass is 313 g/mol. The second-order valence-electron chi connectivity index (χ2n) is 5.24. The van der Waals surface area contributed by atoms with Crippen molar-refractivity contribution in [3.8, 4) is 5.75 Å². The van der Waals surface area contributed by atoms with Crippen molar-refractivity contribution >= 4 is 11.9 Å². The summed E-state index contributed by atoms with van der Waals surface area (Å²) in [5, 5.41) is 11.6. The summed E-state index contributed by atoms with van der Waals surface area (Å²) in [6.07, 6.45) is 2.19. The number of ether oxygens (including phenoxy) is 1. The molecule has 0 saturated heterocycles. The normalized spacial score (nSPS) is 15.4. The number of rotatable bonds is 8. The molecule has 1 aromatic carbocycles. The number of carbonyl (C=O) groups excluding carboxylic acids is 1. The minimum absolute atomic E-state index is 0.0345. The number of carboxylic acids is 1. The lowest BCUT2D eigenvalue weighted by Crippen LogP contribution is -2.42. The molecule has 1 atom stereocenters. The number of nitrogens with one attached hydrogen (secondary N) is 1. The first kappa shape index (κ1) is 16.2. The van der Waals surface area contributed by atoms with E-state index < -0.39 is 18.6 Å². The molecular weight excluding hydrogens is 296 g/mol. The Labute approximate surface area is 126 Å². The summed E-state index contributed by atoms with van der Waals surface area (Å²) in [5.74, 6) is -1.24. The van der Waals surface area contributed by atoms with Gasteiger partial charge in [-0.15, -0.1) is 0 Å². The van der Waals surface area contributed by atoms with E-state index in [1.165, 1.54) is 12.1 Å². The summed E-state index contributed by atoms with van der Waals surface area (Å²) >= 11 is 0. The molecule has 1 aromatic rings. The van der Waals surface area contributed by atoms with E-state index in [1.54, 1.807) is 12.1 Å². The van der Waals surface area contributed by atoms with Crippen LogP contribution in [0.4, 0.5) is 8.78 Å². The van der Waals surface area contributed by atoms with Crippen LogP contribution in [-0.4, -0.2) is 29.6 Å². The molecular formula is C15H17F2NO4. The van der Waals surface area contributed by atoms with Crippen LogP contribution in [0.5, 0.6) is 5.75 Å². The SMILES string of the molecule is O=C(CCc1ccc(OC(F)F)cc1)NC(C(=O)O)C1CC1. The molecule has 0 bridgehead atoms. The van der Waals surface area contributed by atoms with Crippen molar-refractivity contribution in [1.29, 1.82) is 0 Å². The van der Waals surface area contributed by atoms with Crippen molar-refractivity contribution in [3.05, 3.63) is 29.8 Å². The number of aliphatic carboxylic acids is 1. The molecule has 1 amide bonds. The highest BCUT2D eigenvalue weighted by atomic mass is 19.3. The summed E-state index contributed by atoms with van der Waals surface area (Å²) in [4.78, 5) is 22.8. The number of hydrogen-bond donors (Lipinski definition) is 2. The Morgan fingerprint density at radius 2 is 1.91 bits per heavy atom. The lowest BCUT2D eigenvalue weighted by atomic mass is 10.1. The molecule has 2 rings (SSSR count). The van der Waals surface area contributed by atoms with E-state index in [0.717, 1.165) is 18.4 Å². The van der Waals surface area contributed by atoms with Gasteiger partial charge in [0.1, 0.15) is 11.8 Å². The van der Waals surface area contributed by atoms with Crippen LogP contribution >= 0.6 is 0 Å². The molecule has 1 aliphatic rings. The minimum atomic E-state index is -2.87. The highest BCUT2D eigenvalue weighted by Crippen LogP contribution is 2.32. The molecule has 1 saturated carbocycles. The minimum Gasteiger partial charge on any atom is -0.480 e. The standard InChI is InChI=1S/C15H17F2NO4/c16-15(17)22-11-6-1-9(2-7-11)3-8-12(19)18-13(14(20)21)10-4-5-10/h1-2,6-7,10,13,15H,3-5,8H2,(H,18,19)(H,20,21). The number of halogens is 2. The average molecular weight is 313 g/mol. The van der Waals surface area contributed by atoms with Gasteiger partial charge < -0.3 is 15.2 Å².